The lowest BCUT2D eigenvalue weighted by Crippen LogP contribution is -2.61. The number of benzene rings is 2. The van der Waals surface area contributed by atoms with Crippen LogP contribution < -0.4 is 15.4 Å². The van der Waals surface area contributed by atoms with E-state index in [1.165, 1.54) is 35.7 Å². The summed E-state index contributed by atoms with van der Waals surface area (Å²) in [7, 11) is 2.84. The molecule has 0 spiro atoms. The Morgan fingerprint density at radius 3 is 2.12 bits per heavy atom. The smallest absolute Gasteiger partial charge is 0.329 e. The summed E-state index contributed by atoms with van der Waals surface area (Å²) in [5, 5.41) is 15.8. The molecule has 0 aliphatic carbocycles. The minimum atomic E-state index is -1.43. The van der Waals surface area contributed by atoms with Crippen LogP contribution >= 0.6 is 0 Å². The zero-order valence-electron chi connectivity index (χ0n) is 33.5. The van der Waals surface area contributed by atoms with E-state index in [-0.39, 0.29) is 25.8 Å². The Kier molecular flexibility index (Phi) is 15.6. The molecule has 56 heavy (non-hydrogen) atoms. The van der Waals surface area contributed by atoms with E-state index in [4.69, 9.17) is 9.47 Å². The number of hydrogen-bond acceptors (Lipinski definition) is 9. The second-order valence-corrected chi connectivity index (χ2v) is 15.0. The van der Waals surface area contributed by atoms with Gasteiger partial charge in [0.2, 0.25) is 23.6 Å². The third kappa shape index (κ3) is 11.0. The quantitative estimate of drug-likeness (QED) is 0.242. The Bertz CT molecular complexity index is 1730. The molecule has 0 radical (unpaired) electrons. The first-order valence-electron chi connectivity index (χ1n) is 19.3. The molecule has 0 saturated carbocycles. The number of carbonyl (C=O) groups excluding carboxylic acids is 6. The number of cyclic esters (lactones) is 1. The van der Waals surface area contributed by atoms with E-state index >= 15 is 0 Å². The van der Waals surface area contributed by atoms with Crippen molar-refractivity contribution >= 4 is 35.5 Å². The standard InChI is InChI=1S/C42H57N5O9/c1-8-27(4)36-38(50)43-32(23-30-16-18-31(19-17-30)55-22-20-26(2)3)39(51)45(6)28(5)42(54)56-35(24-29-13-10-9-11-14-29)41(53)47-21-12-15-34(47)37(49)44-33(25-48)40(52)46(36)7/h9-11,13-14,16-20,27-28,32-36,48H,8,12,15,21-25H2,1-7H3,(H,43,50)(H,44,49)/t27-,28-,32-,33-,34-,35+,36-/m0/s1. The number of ether oxygens (including phenoxy) is 2. The highest BCUT2D eigenvalue weighted by atomic mass is 16.6. The van der Waals surface area contributed by atoms with Crippen LogP contribution in [-0.4, -0.2) is 125 Å². The predicted molar refractivity (Wildman–Crippen MR) is 209 cm³/mol. The van der Waals surface area contributed by atoms with E-state index in [0.29, 0.717) is 36.3 Å². The maximum atomic E-state index is 14.4. The van der Waals surface area contributed by atoms with Gasteiger partial charge in [0, 0.05) is 33.5 Å². The van der Waals surface area contributed by atoms with E-state index < -0.39 is 84.3 Å². The van der Waals surface area contributed by atoms with Crippen molar-refractivity contribution in [1.82, 2.24) is 25.3 Å². The Morgan fingerprint density at radius 2 is 1.50 bits per heavy atom. The average Bonchev–Trinajstić information content (AvgIpc) is 3.69. The van der Waals surface area contributed by atoms with Gasteiger partial charge in [0.05, 0.1) is 6.61 Å². The number of esters is 1. The normalized spacial score (nSPS) is 25.0. The van der Waals surface area contributed by atoms with Crippen LogP contribution in [0.3, 0.4) is 0 Å². The molecular formula is C42H57N5O9. The molecule has 0 aromatic heterocycles. The van der Waals surface area contributed by atoms with Crippen molar-refractivity contribution in [2.75, 3.05) is 33.9 Å². The number of carbonyl (C=O) groups is 6. The Morgan fingerprint density at radius 1 is 0.875 bits per heavy atom. The summed E-state index contributed by atoms with van der Waals surface area (Å²) in [6, 6.07) is 10.1. The molecule has 2 aliphatic heterocycles. The lowest BCUT2D eigenvalue weighted by molar-refractivity contribution is -0.166. The summed E-state index contributed by atoms with van der Waals surface area (Å²) >= 11 is 0. The van der Waals surface area contributed by atoms with Crippen molar-refractivity contribution in [2.45, 2.75) is 103 Å². The Hall–Kier alpha value is -5.24. The lowest BCUT2D eigenvalue weighted by Gasteiger charge is -2.36. The highest BCUT2D eigenvalue weighted by Crippen LogP contribution is 2.23. The number of hydrogen-bond donors (Lipinski definition) is 3. The van der Waals surface area contributed by atoms with Gasteiger partial charge in [0.15, 0.2) is 6.10 Å². The molecule has 14 nitrogen and oxygen atoms in total. The molecule has 304 valence electrons. The molecule has 2 heterocycles. The van der Waals surface area contributed by atoms with Crippen LogP contribution in [0.2, 0.25) is 0 Å². The van der Waals surface area contributed by atoms with Crippen molar-refractivity contribution < 1.29 is 43.3 Å². The first kappa shape index (κ1) is 43.5. The van der Waals surface area contributed by atoms with E-state index in [1.807, 2.05) is 32.9 Å². The minimum absolute atomic E-state index is 0.00686. The van der Waals surface area contributed by atoms with E-state index in [0.717, 1.165) is 5.57 Å². The fourth-order valence-corrected chi connectivity index (χ4v) is 6.92. The van der Waals surface area contributed by atoms with Gasteiger partial charge in [-0.3, -0.25) is 24.0 Å². The monoisotopic (exact) mass is 775 g/mol. The molecular weight excluding hydrogens is 718 g/mol. The first-order chi connectivity index (χ1) is 26.7. The average molecular weight is 776 g/mol. The molecule has 4 rings (SSSR count). The van der Waals surface area contributed by atoms with E-state index in [9.17, 15) is 33.9 Å². The second kappa shape index (κ2) is 20.1. The highest BCUT2D eigenvalue weighted by Gasteiger charge is 2.43. The van der Waals surface area contributed by atoms with Crippen LogP contribution in [0.5, 0.6) is 5.75 Å². The number of nitrogens with zero attached hydrogens (tertiary/aromatic N) is 3. The predicted octanol–water partition coefficient (Wildman–Crippen LogP) is 2.42. The largest absolute Gasteiger partial charge is 0.490 e. The summed E-state index contributed by atoms with van der Waals surface area (Å²) in [6.07, 6.45) is 1.87. The van der Waals surface area contributed by atoms with Crippen LogP contribution in [0, 0.1) is 5.92 Å². The van der Waals surface area contributed by atoms with Crippen molar-refractivity contribution in [2.24, 2.45) is 5.92 Å². The summed E-state index contributed by atoms with van der Waals surface area (Å²) in [5.74, 6) is -3.83. The van der Waals surface area contributed by atoms with Gasteiger partial charge in [-0.2, -0.15) is 0 Å². The molecule has 2 fully saturated rings. The van der Waals surface area contributed by atoms with Gasteiger partial charge < -0.3 is 39.9 Å². The molecule has 2 aromatic rings. The van der Waals surface area contributed by atoms with Crippen LogP contribution in [-0.2, 0) is 46.3 Å². The van der Waals surface area contributed by atoms with Gasteiger partial charge >= 0.3 is 5.97 Å². The Balaban J connectivity index is 1.75. The molecule has 7 atom stereocenters. The minimum Gasteiger partial charge on any atom is -0.490 e. The number of nitrogens with one attached hydrogen (secondary N) is 2. The molecule has 14 heteroatoms. The van der Waals surface area contributed by atoms with Crippen molar-refractivity contribution in [3.05, 3.63) is 77.4 Å². The summed E-state index contributed by atoms with van der Waals surface area (Å²) in [4.78, 5) is 88.1. The zero-order chi connectivity index (χ0) is 41.1. The van der Waals surface area contributed by atoms with Gasteiger partial charge in [-0.1, -0.05) is 68.3 Å². The maximum absolute atomic E-state index is 14.4. The number of aliphatic hydroxyl groups excluding tert-OH is 1. The van der Waals surface area contributed by atoms with Gasteiger partial charge in [0.1, 0.15) is 42.6 Å². The van der Waals surface area contributed by atoms with E-state index in [1.54, 1.807) is 55.5 Å². The second-order valence-electron chi connectivity index (χ2n) is 15.0. The Labute approximate surface area is 329 Å². The maximum Gasteiger partial charge on any atom is 0.329 e. The summed E-state index contributed by atoms with van der Waals surface area (Å²) in [5.41, 5.74) is 2.51. The fourth-order valence-electron chi connectivity index (χ4n) is 6.92. The number of likely N-dealkylation sites (N-methyl/N-ethyl adjacent to an activating group) is 2. The fraction of sp³-hybridized carbons (Fsp3) is 0.524. The zero-order valence-corrected chi connectivity index (χ0v) is 33.5. The molecule has 3 N–H and O–H groups in total. The van der Waals surface area contributed by atoms with Gasteiger partial charge in [0.25, 0.3) is 5.91 Å². The number of allylic oxidation sites excluding steroid dienone is 1. The molecule has 5 amide bonds. The number of fused-ring (bicyclic) bond motifs is 1. The third-order valence-corrected chi connectivity index (χ3v) is 10.6. The van der Waals surface area contributed by atoms with Crippen LogP contribution in [0.15, 0.2) is 66.2 Å². The first-order valence-corrected chi connectivity index (χ1v) is 19.3. The number of aliphatic hydroxyl groups is 1. The topological polar surface area (TPSA) is 175 Å². The summed E-state index contributed by atoms with van der Waals surface area (Å²) in [6.45, 7) is 8.89. The third-order valence-electron chi connectivity index (χ3n) is 10.6. The van der Waals surface area contributed by atoms with E-state index in [2.05, 4.69) is 10.6 Å². The van der Waals surface area contributed by atoms with Gasteiger partial charge in [-0.25, -0.2) is 4.79 Å². The summed E-state index contributed by atoms with van der Waals surface area (Å²) < 4.78 is 11.7. The SMILES string of the molecule is CC[C@H](C)[C@H]1C(=O)N[C@@H](Cc2ccc(OCC=C(C)C)cc2)C(=O)N(C)[C@@H](C)C(=O)O[C@H](Cc2ccccc2)C(=O)N2CCC[C@H]2C(=O)N[C@@H](CO)C(=O)N1C. The van der Waals surface area contributed by atoms with Crippen molar-refractivity contribution in [3.8, 4) is 5.75 Å². The molecule has 2 aliphatic rings. The molecule has 0 unspecified atom stereocenters. The van der Waals surface area contributed by atoms with Crippen molar-refractivity contribution in [3.63, 3.8) is 0 Å². The van der Waals surface area contributed by atoms with Gasteiger partial charge in [-0.15, -0.1) is 0 Å². The number of amides is 5. The molecule has 2 aromatic carbocycles. The van der Waals surface area contributed by atoms with Crippen LogP contribution in [0.1, 0.15) is 65.0 Å². The van der Waals surface area contributed by atoms with Crippen molar-refractivity contribution in [1.29, 1.82) is 0 Å². The molecule has 2 saturated heterocycles. The molecule has 0 bridgehead atoms. The van der Waals surface area contributed by atoms with Crippen LogP contribution in [0.25, 0.3) is 0 Å². The van der Waals surface area contributed by atoms with Gasteiger partial charge in [-0.05, 0) is 68.9 Å². The lowest BCUT2D eigenvalue weighted by atomic mass is 9.95. The highest BCUT2D eigenvalue weighted by molar-refractivity contribution is 5.97. The van der Waals surface area contributed by atoms with Crippen LogP contribution in [0.4, 0.5) is 0 Å². The number of rotatable bonds is 10.